The van der Waals surface area contributed by atoms with E-state index in [2.05, 4.69) is 25.9 Å². The summed E-state index contributed by atoms with van der Waals surface area (Å²) < 4.78 is 2.83. The number of aliphatic carboxylic acids is 1. The van der Waals surface area contributed by atoms with Crippen molar-refractivity contribution in [2.75, 3.05) is 11.4 Å². The largest absolute Gasteiger partial charge is 0.481 e. The maximum Gasteiger partial charge on any atom is 0.312 e. The Labute approximate surface area is 131 Å². The molecule has 1 aliphatic heterocycles. The third-order valence-electron chi connectivity index (χ3n) is 3.96. The lowest BCUT2D eigenvalue weighted by Gasteiger charge is -2.20. The summed E-state index contributed by atoms with van der Waals surface area (Å²) in [5, 5.41) is 13.8. The number of anilines is 1. The van der Waals surface area contributed by atoms with Crippen LogP contribution in [-0.4, -0.2) is 27.4 Å². The van der Waals surface area contributed by atoms with Crippen LogP contribution in [0.4, 0.5) is 5.69 Å². The van der Waals surface area contributed by atoms with Crippen molar-refractivity contribution in [2.45, 2.75) is 19.4 Å². The van der Waals surface area contributed by atoms with Crippen LogP contribution >= 0.6 is 15.9 Å². The molecule has 1 aliphatic rings. The van der Waals surface area contributed by atoms with Gasteiger partial charge in [0.15, 0.2) is 0 Å². The molecule has 2 heterocycles. The number of halogens is 1. The minimum Gasteiger partial charge on any atom is -0.481 e. The lowest BCUT2D eigenvalue weighted by atomic mass is 10.0. The maximum absolute atomic E-state index is 11.4. The number of carbonyl (C=O) groups is 1. The van der Waals surface area contributed by atoms with Gasteiger partial charge in [-0.15, -0.1) is 0 Å². The molecule has 0 aliphatic carbocycles. The highest BCUT2D eigenvalue weighted by Crippen LogP contribution is 2.37. The quantitative estimate of drug-likeness (QED) is 0.925. The van der Waals surface area contributed by atoms with Crippen LogP contribution in [0.5, 0.6) is 0 Å². The number of nitrogens with zero attached hydrogens (tertiary/aromatic N) is 3. The summed E-state index contributed by atoms with van der Waals surface area (Å²) in [6.45, 7) is 3.08. The number of carboxylic acid groups (broad SMARTS) is 1. The van der Waals surface area contributed by atoms with E-state index in [0.29, 0.717) is 13.1 Å². The minimum atomic E-state index is -0.773. The highest BCUT2D eigenvalue weighted by molar-refractivity contribution is 9.10. The summed E-state index contributed by atoms with van der Waals surface area (Å²) in [7, 11) is 1.91. The second-order valence-corrected chi connectivity index (χ2v) is 6.09. The molecule has 2 aromatic rings. The fourth-order valence-electron chi connectivity index (χ4n) is 2.88. The Kier molecular flexibility index (Phi) is 3.49. The van der Waals surface area contributed by atoms with Gasteiger partial charge in [0.2, 0.25) is 0 Å². The standard InChI is InChI=1S/C15H16BrN3O2/c1-9-14(16)13(18(2)17-9)8-19-7-11(15(20)21)10-5-3-4-6-12(10)19/h3-6,11H,7-8H2,1-2H3,(H,20,21). The van der Waals surface area contributed by atoms with Gasteiger partial charge in [0.05, 0.1) is 22.4 Å². The molecule has 0 saturated heterocycles. The Hall–Kier alpha value is -1.82. The van der Waals surface area contributed by atoms with Gasteiger partial charge in [0.1, 0.15) is 5.92 Å². The number of aryl methyl sites for hydroxylation is 2. The lowest BCUT2D eigenvalue weighted by molar-refractivity contribution is -0.138. The van der Waals surface area contributed by atoms with E-state index in [1.807, 2.05) is 42.9 Å². The van der Waals surface area contributed by atoms with Crippen LogP contribution in [0, 0.1) is 6.92 Å². The molecule has 6 heteroatoms. The van der Waals surface area contributed by atoms with Crippen molar-refractivity contribution in [1.29, 1.82) is 0 Å². The van der Waals surface area contributed by atoms with Crippen LogP contribution in [0.2, 0.25) is 0 Å². The molecule has 1 aromatic carbocycles. The average molecular weight is 350 g/mol. The summed E-state index contributed by atoms with van der Waals surface area (Å²) in [4.78, 5) is 13.6. The molecule has 0 fully saturated rings. The predicted molar refractivity (Wildman–Crippen MR) is 83.5 cm³/mol. The Balaban J connectivity index is 1.96. The number of fused-ring (bicyclic) bond motifs is 1. The maximum atomic E-state index is 11.4. The molecule has 1 aromatic heterocycles. The summed E-state index contributed by atoms with van der Waals surface area (Å²) in [5.74, 6) is -1.24. The first-order valence-corrected chi connectivity index (χ1v) is 7.53. The van der Waals surface area contributed by atoms with Crippen molar-refractivity contribution in [3.63, 3.8) is 0 Å². The van der Waals surface area contributed by atoms with E-state index in [9.17, 15) is 9.90 Å². The van der Waals surface area contributed by atoms with Gasteiger partial charge >= 0.3 is 5.97 Å². The minimum absolute atomic E-state index is 0.464. The monoisotopic (exact) mass is 349 g/mol. The van der Waals surface area contributed by atoms with Crippen molar-refractivity contribution in [1.82, 2.24) is 9.78 Å². The first-order chi connectivity index (χ1) is 9.99. The van der Waals surface area contributed by atoms with Crippen LogP contribution in [0.25, 0.3) is 0 Å². The SMILES string of the molecule is Cc1nn(C)c(CN2CC(C(=O)O)c3ccccc32)c1Br. The van der Waals surface area contributed by atoms with E-state index in [1.54, 1.807) is 0 Å². The lowest BCUT2D eigenvalue weighted by Crippen LogP contribution is -2.25. The number of benzene rings is 1. The van der Waals surface area contributed by atoms with Gasteiger partial charge in [-0.25, -0.2) is 0 Å². The summed E-state index contributed by atoms with van der Waals surface area (Å²) in [6.07, 6.45) is 0. The second-order valence-electron chi connectivity index (χ2n) is 5.30. The number of hydrogen-bond acceptors (Lipinski definition) is 3. The first-order valence-electron chi connectivity index (χ1n) is 6.73. The zero-order valence-corrected chi connectivity index (χ0v) is 13.5. The van der Waals surface area contributed by atoms with Crippen LogP contribution in [0.15, 0.2) is 28.7 Å². The number of carboxylic acids is 1. The normalized spacial score (nSPS) is 17.1. The molecule has 1 unspecified atom stereocenters. The molecule has 0 radical (unpaired) electrons. The topological polar surface area (TPSA) is 58.4 Å². The smallest absolute Gasteiger partial charge is 0.312 e. The average Bonchev–Trinajstić information content (AvgIpc) is 2.93. The molecule has 0 spiro atoms. The first kappa shape index (κ1) is 14.1. The summed E-state index contributed by atoms with van der Waals surface area (Å²) >= 11 is 3.57. The summed E-state index contributed by atoms with van der Waals surface area (Å²) in [6, 6.07) is 7.72. The number of para-hydroxylation sites is 1. The van der Waals surface area contributed by atoms with E-state index in [1.165, 1.54) is 0 Å². The third-order valence-corrected chi connectivity index (χ3v) is 4.99. The fourth-order valence-corrected chi connectivity index (χ4v) is 3.34. The predicted octanol–water partition coefficient (Wildman–Crippen LogP) is 2.68. The van der Waals surface area contributed by atoms with Crippen LogP contribution < -0.4 is 4.90 Å². The molecule has 0 bridgehead atoms. The fraction of sp³-hybridized carbons (Fsp3) is 0.333. The summed E-state index contributed by atoms with van der Waals surface area (Å²) in [5.41, 5.74) is 3.87. The van der Waals surface area contributed by atoms with Gasteiger partial charge in [-0.05, 0) is 34.5 Å². The molecule has 1 atom stereocenters. The third kappa shape index (κ3) is 2.33. The molecule has 110 valence electrons. The molecule has 21 heavy (non-hydrogen) atoms. The van der Waals surface area contributed by atoms with Crippen molar-refractivity contribution in [2.24, 2.45) is 7.05 Å². The van der Waals surface area contributed by atoms with Crippen molar-refractivity contribution in [3.8, 4) is 0 Å². The van der Waals surface area contributed by atoms with Crippen molar-refractivity contribution >= 4 is 27.6 Å². The van der Waals surface area contributed by atoms with Crippen LogP contribution in [0.1, 0.15) is 22.9 Å². The van der Waals surface area contributed by atoms with Crippen molar-refractivity contribution in [3.05, 3.63) is 45.7 Å². The van der Waals surface area contributed by atoms with Crippen LogP contribution in [-0.2, 0) is 18.4 Å². The molecule has 0 saturated carbocycles. The van der Waals surface area contributed by atoms with Gasteiger partial charge in [-0.2, -0.15) is 5.10 Å². The molecule has 0 amide bonds. The molecule has 1 N–H and O–H groups in total. The van der Waals surface area contributed by atoms with Gasteiger partial charge < -0.3 is 10.0 Å². The van der Waals surface area contributed by atoms with E-state index in [-0.39, 0.29) is 0 Å². The van der Waals surface area contributed by atoms with E-state index in [4.69, 9.17) is 0 Å². The van der Waals surface area contributed by atoms with Gasteiger partial charge in [0, 0.05) is 19.3 Å². The molecule has 3 rings (SSSR count). The second kappa shape index (κ2) is 5.18. The Morgan fingerprint density at radius 2 is 2.19 bits per heavy atom. The number of aromatic nitrogens is 2. The zero-order valence-electron chi connectivity index (χ0n) is 11.9. The van der Waals surface area contributed by atoms with Crippen molar-refractivity contribution < 1.29 is 9.90 Å². The van der Waals surface area contributed by atoms with Gasteiger partial charge in [-0.1, -0.05) is 18.2 Å². The zero-order chi connectivity index (χ0) is 15.1. The van der Waals surface area contributed by atoms with E-state index >= 15 is 0 Å². The Bertz CT molecular complexity index is 711. The van der Waals surface area contributed by atoms with E-state index in [0.717, 1.165) is 27.1 Å². The Morgan fingerprint density at radius 1 is 1.48 bits per heavy atom. The van der Waals surface area contributed by atoms with Gasteiger partial charge in [-0.3, -0.25) is 9.48 Å². The molecule has 5 nitrogen and oxygen atoms in total. The number of rotatable bonds is 3. The highest BCUT2D eigenvalue weighted by atomic mass is 79.9. The van der Waals surface area contributed by atoms with E-state index < -0.39 is 11.9 Å². The molecular formula is C15H16BrN3O2. The highest BCUT2D eigenvalue weighted by Gasteiger charge is 2.33. The number of hydrogen-bond donors (Lipinski definition) is 1. The van der Waals surface area contributed by atoms with Gasteiger partial charge in [0.25, 0.3) is 0 Å². The Morgan fingerprint density at radius 3 is 2.81 bits per heavy atom. The molecular weight excluding hydrogens is 334 g/mol. The van der Waals surface area contributed by atoms with Crippen LogP contribution in [0.3, 0.4) is 0 Å².